The number of carbonyl (C=O) groups excluding carboxylic acids is 2. The van der Waals surface area contributed by atoms with Crippen LogP contribution in [0.4, 0.5) is 0 Å². The largest absolute Gasteiger partial charge is 0.544 e. The smallest absolute Gasteiger partial charge is 0.232 e. The Morgan fingerprint density at radius 3 is 2.33 bits per heavy atom. The van der Waals surface area contributed by atoms with Crippen molar-refractivity contribution in [3.63, 3.8) is 0 Å². The van der Waals surface area contributed by atoms with Gasteiger partial charge in [-0.15, -0.1) is 11.8 Å². The lowest BCUT2D eigenvalue weighted by Gasteiger charge is -2.18. The maximum absolute atomic E-state index is 11.5. The van der Waals surface area contributed by atoms with Gasteiger partial charge in [-0.1, -0.05) is 0 Å². The van der Waals surface area contributed by atoms with E-state index in [0.29, 0.717) is 24.6 Å². The summed E-state index contributed by atoms with van der Waals surface area (Å²) in [5.74, 6) is -0.510. The standard InChI is InChI=1S/C9H18N2O3S/c1-3-11(4-2)8(12)6-15-5-7(10)9(13)14/h7H,3-6,10H2,1-2H3,(H,13,14)/t7-/m0/s1. The first-order valence-corrected chi connectivity index (χ1v) is 6.07. The number of nitrogens with zero attached hydrogens (tertiary/aromatic N) is 1. The molecule has 1 amide bonds. The molecule has 3 N–H and O–H groups in total. The highest BCUT2D eigenvalue weighted by molar-refractivity contribution is 8.00. The van der Waals surface area contributed by atoms with Crippen LogP contribution in [0.2, 0.25) is 0 Å². The van der Waals surface area contributed by atoms with Crippen LogP contribution in [-0.2, 0) is 9.59 Å². The Morgan fingerprint density at radius 2 is 1.93 bits per heavy atom. The molecule has 0 unspecified atom stereocenters. The molecule has 0 bridgehead atoms. The Hall–Kier alpha value is -0.750. The van der Waals surface area contributed by atoms with Crippen LogP contribution in [0.15, 0.2) is 0 Å². The predicted octanol–water partition coefficient (Wildman–Crippen LogP) is -2.05. The van der Waals surface area contributed by atoms with E-state index in [1.807, 2.05) is 13.8 Å². The molecule has 5 nitrogen and oxygen atoms in total. The van der Waals surface area contributed by atoms with E-state index in [0.717, 1.165) is 0 Å². The van der Waals surface area contributed by atoms with Crippen molar-refractivity contribution in [1.29, 1.82) is 0 Å². The van der Waals surface area contributed by atoms with Crippen molar-refractivity contribution in [3.05, 3.63) is 0 Å². The normalized spacial score (nSPS) is 12.2. The molecule has 0 spiro atoms. The van der Waals surface area contributed by atoms with E-state index in [1.165, 1.54) is 11.8 Å². The Labute approximate surface area is 94.0 Å². The number of carboxylic acid groups (broad SMARTS) is 1. The SMILES string of the molecule is CCN(CC)C(=O)CSC[C@H]([NH3+])C(=O)[O-]. The summed E-state index contributed by atoms with van der Waals surface area (Å²) in [6, 6.07) is -0.750. The van der Waals surface area contributed by atoms with Crippen LogP contribution >= 0.6 is 11.8 Å². The molecule has 15 heavy (non-hydrogen) atoms. The fourth-order valence-electron chi connectivity index (χ4n) is 1.02. The van der Waals surface area contributed by atoms with Crippen molar-refractivity contribution in [1.82, 2.24) is 4.90 Å². The quantitative estimate of drug-likeness (QED) is 0.549. The average molecular weight is 234 g/mol. The van der Waals surface area contributed by atoms with Crippen LogP contribution in [0.25, 0.3) is 0 Å². The van der Waals surface area contributed by atoms with E-state index in [1.54, 1.807) is 4.90 Å². The summed E-state index contributed by atoms with van der Waals surface area (Å²) in [4.78, 5) is 23.5. The Kier molecular flexibility index (Phi) is 7.15. The second-order valence-corrected chi connectivity index (χ2v) is 4.13. The molecule has 1 atom stereocenters. The summed E-state index contributed by atoms with van der Waals surface area (Å²) < 4.78 is 0. The van der Waals surface area contributed by atoms with Crippen LogP contribution in [-0.4, -0.2) is 47.4 Å². The number of carbonyl (C=O) groups is 2. The van der Waals surface area contributed by atoms with Crippen LogP contribution < -0.4 is 10.8 Å². The fourth-order valence-corrected chi connectivity index (χ4v) is 1.92. The Morgan fingerprint density at radius 1 is 1.40 bits per heavy atom. The molecule has 0 aromatic rings. The number of hydrogen-bond donors (Lipinski definition) is 1. The van der Waals surface area contributed by atoms with Gasteiger partial charge in [0.05, 0.1) is 17.5 Å². The molecule has 0 rings (SSSR count). The molecule has 88 valence electrons. The zero-order valence-corrected chi connectivity index (χ0v) is 10.0. The third-order valence-electron chi connectivity index (χ3n) is 1.99. The summed E-state index contributed by atoms with van der Waals surface area (Å²) in [5, 5.41) is 10.3. The Balaban J connectivity index is 3.76. The molecular weight excluding hydrogens is 216 g/mol. The van der Waals surface area contributed by atoms with E-state index in [2.05, 4.69) is 5.73 Å². The van der Waals surface area contributed by atoms with E-state index >= 15 is 0 Å². The summed E-state index contributed by atoms with van der Waals surface area (Å²) in [7, 11) is 0. The highest BCUT2D eigenvalue weighted by Crippen LogP contribution is 2.03. The summed E-state index contributed by atoms with van der Waals surface area (Å²) in [5.41, 5.74) is 3.41. The number of carboxylic acids is 1. The van der Waals surface area contributed by atoms with Crippen molar-refractivity contribution in [2.24, 2.45) is 0 Å². The number of rotatable bonds is 7. The zero-order valence-electron chi connectivity index (χ0n) is 9.19. The lowest BCUT2D eigenvalue weighted by molar-refractivity contribution is -0.431. The number of thioether (sulfide) groups is 1. The van der Waals surface area contributed by atoms with Crippen LogP contribution in [0.1, 0.15) is 13.8 Å². The first-order chi connectivity index (χ1) is 7.02. The lowest BCUT2D eigenvalue weighted by Crippen LogP contribution is -2.69. The highest BCUT2D eigenvalue weighted by Gasteiger charge is 2.12. The monoisotopic (exact) mass is 234 g/mol. The molecule has 0 heterocycles. The van der Waals surface area contributed by atoms with Gasteiger partial charge in [-0.05, 0) is 13.8 Å². The second-order valence-electron chi connectivity index (χ2n) is 3.10. The van der Waals surface area contributed by atoms with Crippen molar-refractivity contribution in [3.8, 4) is 0 Å². The molecule has 0 saturated carbocycles. The molecule has 0 aliphatic carbocycles. The molecule has 0 aliphatic rings. The Bertz CT molecular complexity index is 219. The zero-order chi connectivity index (χ0) is 11.8. The van der Waals surface area contributed by atoms with Gasteiger partial charge >= 0.3 is 0 Å². The van der Waals surface area contributed by atoms with Gasteiger partial charge in [0.15, 0.2) is 0 Å². The average Bonchev–Trinajstić information content (AvgIpc) is 2.19. The summed E-state index contributed by atoms with van der Waals surface area (Å²) in [6.07, 6.45) is 0. The van der Waals surface area contributed by atoms with Gasteiger partial charge in [0.25, 0.3) is 0 Å². The van der Waals surface area contributed by atoms with Gasteiger partial charge in [0, 0.05) is 13.1 Å². The lowest BCUT2D eigenvalue weighted by atomic mass is 10.4. The topological polar surface area (TPSA) is 88.1 Å². The predicted molar refractivity (Wildman–Crippen MR) is 56.9 cm³/mol. The van der Waals surface area contributed by atoms with Gasteiger partial charge in [0.1, 0.15) is 6.04 Å². The molecule has 0 aromatic carbocycles. The molecule has 0 radical (unpaired) electrons. The third-order valence-corrected chi connectivity index (χ3v) is 3.08. The molecule has 0 aliphatic heterocycles. The number of quaternary nitrogens is 1. The van der Waals surface area contributed by atoms with Crippen LogP contribution in [0.3, 0.4) is 0 Å². The number of aliphatic carboxylic acids is 1. The van der Waals surface area contributed by atoms with E-state index < -0.39 is 12.0 Å². The maximum atomic E-state index is 11.5. The van der Waals surface area contributed by atoms with E-state index in [4.69, 9.17) is 0 Å². The summed E-state index contributed by atoms with van der Waals surface area (Å²) in [6.45, 7) is 5.20. The van der Waals surface area contributed by atoms with Gasteiger partial charge < -0.3 is 20.5 Å². The van der Waals surface area contributed by atoms with Crippen molar-refractivity contribution < 1.29 is 20.4 Å². The number of amides is 1. The fraction of sp³-hybridized carbons (Fsp3) is 0.778. The van der Waals surface area contributed by atoms with Gasteiger partial charge in [-0.25, -0.2) is 0 Å². The van der Waals surface area contributed by atoms with E-state index in [9.17, 15) is 14.7 Å². The minimum atomic E-state index is -1.17. The van der Waals surface area contributed by atoms with Crippen molar-refractivity contribution >= 4 is 23.6 Å². The summed E-state index contributed by atoms with van der Waals surface area (Å²) >= 11 is 1.28. The van der Waals surface area contributed by atoms with Crippen LogP contribution in [0.5, 0.6) is 0 Å². The molecule has 0 saturated heterocycles. The maximum Gasteiger partial charge on any atom is 0.232 e. The highest BCUT2D eigenvalue weighted by atomic mass is 32.2. The second kappa shape index (κ2) is 7.53. The van der Waals surface area contributed by atoms with Crippen molar-refractivity contribution in [2.75, 3.05) is 24.6 Å². The van der Waals surface area contributed by atoms with Crippen molar-refractivity contribution in [2.45, 2.75) is 19.9 Å². The minimum Gasteiger partial charge on any atom is -0.544 e. The molecule has 0 fully saturated rings. The molecular formula is C9H18N2O3S. The third kappa shape index (κ3) is 5.64. The molecule has 0 aromatic heterocycles. The van der Waals surface area contributed by atoms with Crippen LogP contribution in [0, 0.1) is 0 Å². The minimum absolute atomic E-state index is 0.0375. The van der Waals surface area contributed by atoms with Gasteiger partial charge in [-0.3, -0.25) is 4.79 Å². The van der Waals surface area contributed by atoms with Gasteiger partial charge in [0.2, 0.25) is 5.91 Å². The number of hydrogen-bond acceptors (Lipinski definition) is 4. The van der Waals surface area contributed by atoms with Gasteiger partial charge in [-0.2, -0.15) is 0 Å². The first kappa shape index (κ1) is 14.2. The van der Waals surface area contributed by atoms with E-state index in [-0.39, 0.29) is 5.91 Å². The first-order valence-electron chi connectivity index (χ1n) is 4.92. The molecule has 6 heteroatoms.